The maximum Gasteiger partial charge on any atom is 0.0246 e. The zero-order valence-electron chi connectivity index (χ0n) is 10.5. The van der Waals surface area contributed by atoms with E-state index in [4.69, 9.17) is 0 Å². The molecule has 0 radical (unpaired) electrons. The monoisotopic (exact) mass is 188 g/mol. The lowest BCUT2D eigenvalue weighted by atomic mass is 10.1. The number of nitrogens with one attached hydrogen (secondary N) is 2. The molecule has 0 amide bonds. The topological polar surface area (TPSA) is 24.1 Å². The molecule has 0 atom stereocenters. The third-order valence-electron chi connectivity index (χ3n) is 1.80. The first-order valence-corrected chi connectivity index (χ1v) is 5.37. The summed E-state index contributed by atoms with van der Waals surface area (Å²) >= 11 is 0. The number of rotatable bonds is 5. The van der Waals surface area contributed by atoms with E-state index in [0.717, 1.165) is 19.0 Å². The van der Waals surface area contributed by atoms with Gasteiger partial charge in [0.2, 0.25) is 0 Å². The largest absolute Gasteiger partial charge is 0.315 e. The van der Waals surface area contributed by atoms with Crippen LogP contribution in [0.1, 0.15) is 41.5 Å². The molecule has 0 heterocycles. The van der Waals surface area contributed by atoms with E-state index in [0.29, 0.717) is 0 Å². The first-order chi connectivity index (χ1) is 5.98. The summed E-state index contributed by atoms with van der Waals surface area (Å²) in [5.41, 5.74) is 0.217. The Morgan fingerprint density at radius 2 is 1.62 bits per heavy atom. The summed E-state index contributed by atoms with van der Waals surface area (Å²) in [4.78, 5) is 0. The zero-order valence-corrected chi connectivity index (χ0v) is 10.5. The Bertz CT molecular complexity index is 98.3. The molecule has 0 saturated carbocycles. The van der Waals surface area contributed by atoms with Crippen molar-refractivity contribution >= 4 is 0 Å². The Morgan fingerprint density at radius 3 is 1.92 bits per heavy atom. The Morgan fingerprint density at radius 1 is 1.15 bits per heavy atom. The molecule has 2 N–H and O–H groups in total. The lowest BCUT2D eigenvalue weighted by molar-refractivity contribution is 0.382. The smallest absolute Gasteiger partial charge is 0.0246 e. The molecule has 0 spiro atoms. The lowest BCUT2D eigenvalue weighted by Crippen LogP contribution is -2.46. The van der Waals surface area contributed by atoms with Crippen LogP contribution in [0.5, 0.6) is 0 Å². The fourth-order valence-corrected chi connectivity index (χ4v) is 0.762. The molecule has 2 nitrogen and oxygen atoms in total. The molecule has 0 aromatic carbocycles. The molecule has 0 aliphatic rings. The Balaban J connectivity index is 0. The van der Waals surface area contributed by atoms with Crippen molar-refractivity contribution in [3.8, 4) is 0 Å². The second-order valence-corrected chi connectivity index (χ2v) is 4.16. The van der Waals surface area contributed by atoms with Gasteiger partial charge in [-0.05, 0) is 33.4 Å². The fourth-order valence-electron chi connectivity index (χ4n) is 0.762. The van der Waals surface area contributed by atoms with Crippen molar-refractivity contribution in [2.75, 3.05) is 20.1 Å². The Kier molecular flexibility index (Phi) is 10.1. The summed E-state index contributed by atoms with van der Waals surface area (Å²) in [6.45, 7) is 15.0. The predicted octanol–water partition coefficient (Wildman–Crippen LogP) is 2.26. The van der Waals surface area contributed by atoms with E-state index in [1.165, 1.54) is 0 Å². The van der Waals surface area contributed by atoms with Gasteiger partial charge in [0, 0.05) is 12.1 Å². The first-order valence-electron chi connectivity index (χ1n) is 5.37. The average molecular weight is 188 g/mol. The van der Waals surface area contributed by atoms with Crippen molar-refractivity contribution in [1.82, 2.24) is 10.6 Å². The molecule has 0 unspecified atom stereocenters. The molecule has 0 bridgehead atoms. The normalized spacial score (nSPS) is 11.1. The van der Waals surface area contributed by atoms with Crippen LogP contribution in [0, 0.1) is 5.92 Å². The maximum atomic E-state index is 3.41. The van der Waals surface area contributed by atoms with Crippen LogP contribution >= 0.6 is 0 Å². The highest BCUT2D eigenvalue weighted by molar-refractivity contribution is 4.77. The minimum absolute atomic E-state index is 0.217. The molecule has 82 valence electrons. The van der Waals surface area contributed by atoms with Gasteiger partial charge in [-0.1, -0.05) is 27.7 Å². The van der Waals surface area contributed by atoms with E-state index >= 15 is 0 Å². The highest BCUT2D eigenvalue weighted by Crippen LogP contribution is 1.98. The van der Waals surface area contributed by atoms with Gasteiger partial charge < -0.3 is 10.6 Å². The van der Waals surface area contributed by atoms with Crippen LogP contribution in [0.2, 0.25) is 0 Å². The summed E-state index contributed by atoms with van der Waals surface area (Å²) in [5, 5.41) is 6.67. The van der Waals surface area contributed by atoms with E-state index in [-0.39, 0.29) is 5.54 Å². The second-order valence-electron chi connectivity index (χ2n) is 4.16. The minimum atomic E-state index is 0.217. The minimum Gasteiger partial charge on any atom is -0.315 e. The summed E-state index contributed by atoms with van der Waals surface area (Å²) < 4.78 is 0. The van der Waals surface area contributed by atoms with Gasteiger partial charge in [0.25, 0.3) is 0 Å². The summed E-state index contributed by atoms with van der Waals surface area (Å²) in [7, 11) is 2.00. The van der Waals surface area contributed by atoms with E-state index in [1.807, 2.05) is 20.9 Å². The zero-order chi connectivity index (χ0) is 10.9. The molecule has 0 aliphatic carbocycles. The average Bonchev–Trinajstić information content (AvgIpc) is 2.07. The van der Waals surface area contributed by atoms with Crippen molar-refractivity contribution in [3.63, 3.8) is 0 Å². The van der Waals surface area contributed by atoms with Crippen molar-refractivity contribution in [2.24, 2.45) is 5.92 Å². The molecule has 0 saturated heterocycles. The van der Waals surface area contributed by atoms with Crippen molar-refractivity contribution in [2.45, 2.75) is 47.1 Å². The van der Waals surface area contributed by atoms with Crippen molar-refractivity contribution < 1.29 is 0 Å². The summed E-state index contributed by atoms with van der Waals surface area (Å²) in [6.07, 6.45) is 0. The van der Waals surface area contributed by atoms with Gasteiger partial charge in [0.05, 0.1) is 0 Å². The quantitative estimate of drug-likeness (QED) is 0.691. The van der Waals surface area contributed by atoms with Crippen LogP contribution in [0.3, 0.4) is 0 Å². The predicted molar refractivity (Wildman–Crippen MR) is 62.2 cm³/mol. The lowest BCUT2D eigenvalue weighted by Gasteiger charge is -2.24. The highest BCUT2D eigenvalue weighted by atomic mass is 15.0. The van der Waals surface area contributed by atoms with Crippen molar-refractivity contribution in [1.29, 1.82) is 0 Å². The van der Waals surface area contributed by atoms with E-state index in [9.17, 15) is 0 Å². The standard InChI is InChI=1S/C9H22N2.C2H6/c1-8(2)6-11-7-9(3,4)10-5;1-2/h8,10-11H,6-7H2,1-5H3;1-2H3. The van der Waals surface area contributed by atoms with Gasteiger partial charge in [0.1, 0.15) is 0 Å². The van der Waals surface area contributed by atoms with Gasteiger partial charge in [0.15, 0.2) is 0 Å². The molecule has 0 aromatic heterocycles. The molecule has 13 heavy (non-hydrogen) atoms. The van der Waals surface area contributed by atoms with E-state index < -0.39 is 0 Å². The molecular weight excluding hydrogens is 160 g/mol. The molecular formula is C11H28N2. The maximum absolute atomic E-state index is 3.41. The summed E-state index contributed by atoms with van der Waals surface area (Å²) in [5.74, 6) is 0.739. The fraction of sp³-hybridized carbons (Fsp3) is 1.00. The van der Waals surface area contributed by atoms with Crippen molar-refractivity contribution in [3.05, 3.63) is 0 Å². The van der Waals surface area contributed by atoms with E-state index in [2.05, 4.69) is 38.3 Å². The SMILES string of the molecule is CC.CNC(C)(C)CNCC(C)C. The third kappa shape index (κ3) is 11.9. The van der Waals surface area contributed by atoms with Crippen LogP contribution in [0.4, 0.5) is 0 Å². The van der Waals surface area contributed by atoms with Crippen LogP contribution in [-0.4, -0.2) is 25.7 Å². The van der Waals surface area contributed by atoms with Gasteiger partial charge in [-0.2, -0.15) is 0 Å². The third-order valence-corrected chi connectivity index (χ3v) is 1.80. The molecule has 0 aromatic rings. The van der Waals surface area contributed by atoms with Crippen LogP contribution in [0.25, 0.3) is 0 Å². The van der Waals surface area contributed by atoms with Gasteiger partial charge >= 0.3 is 0 Å². The summed E-state index contributed by atoms with van der Waals surface area (Å²) in [6, 6.07) is 0. The number of likely N-dealkylation sites (N-methyl/N-ethyl adjacent to an activating group) is 1. The molecule has 0 aliphatic heterocycles. The highest BCUT2D eigenvalue weighted by Gasteiger charge is 2.12. The van der Waals surface area contributed by atoms with Gasteiger partial charge in [-0.3, -0.25) is 0 Å². The van der Waals surface area contributed by atoms with E-state index in [1.54, 1.807) is 0 Å². The molecule has 2 heteroatoms. The Hall–Kier alpha value is -0.0800. The Labute approximate surface area is 84.5 Å². The van der Waals surface area contributed by atoms with Crippen LogP contribution < -0.4 is 10.6 Å². The van der Waals surface area contributed by atoms with Crippen LogP contribution in [-0.2, 0) is 0 Å². The molecule has 0 rings (SSSR count). The van der Waals surface area contributed by atoms with Gasteiger partial charge in [-0.15, -0.1) is 0 Å². The van der Waals surface area contributed by atoms with Gasteiger partial charge in [-0.25, -0.2) is 0 Å². The molecule has 0 fully saturated rings. The number of hydrogen-bond donors (Lipinski definition) is 2. The second kappa shape index (κ2) is 8.52. The van der Waals surface area contributed by atoms with Crippen LogP contribution in [0.15, 0.2) is 0 Å². The number of hydrogen-bond acceptors (Lipinski definition) is 2. The first kappa shape index (κ1) is 15.4.